The van der Waals surface area contributed by atoms with Gasteiger partial charge in [-0.05, 0) is 65.2 Å². The van der Waals surface area contributed by atoms with Crippen LogP contribution in [0.1, 0.15) is 11.1 Å². The Morgan fingerprint density at radius 3 is 2.43 bits per heavy atom. The van der Waals surface area contributed by atoms with Gasteiger partial charge in [0.05, 0.1) is 5.69 Å². The predicted octanol–water partition coefficient (Wildman–Crippen LogP) is 3.59. The summed E-state index contributed by atoms with van der Waals surface area (Å²) in [6, 6.07) is 7.34. The van der Waals surface area contributed by atoms with E-state index in [0.717, 1.165) is 23.3 Å². The molecular formula is C14H14BrFN2O2S. The Kier molecular flexibility index (Phi) is 4.25. The van der Waals surface area contributed by atoms with Gasteiger partial charge in [-0.25, -0.2) is 12.8 Å². The molecule has 0 aliphatic heterocycles. The number of halogens is 2. The van der Waals surface area contributed by atoms with Crippen LogP contribution in [0.2, 0.25) is 0 Å². The Bertz CT molecular complexity index is 807. The molecule has 7 heteroatoms. The molecule has 0 aliphatic carbocycles. The lowest BCUT2D eigenvalue weighted by Gasteiger charge is -2.12. The van der Waals surface area contributed by atoms with Gasteiger partial charge in [-0.1, -0.05) is 6.07 Å². The minimum absolute atomic E-state index is 0.111. The molecule has 0 fully saturated rings. The molecule has 0 heterocycles. The van der Waals surface area contributed by atoms with Crippen molar-refractivity contribution in [3.63, 3.8) is 0 Å². The highest BCUT2D eigenvalue weighted by molar-refractivity contribution is 9.10. The van der Waals surface area contributed by atoms with E-state index in [2.05, 4.69) is 20.7 Å². The standard InChI is InChI=1S/C14H14BrFN2O2S/c1-8-3-4-10(5-9(8)2)18-21(19,20)14-7-13(17)12(16)6-11(14)15/h3-7,18H,17H2,1-2H3. The topological polar surface area (TPSA) is 72.2 Å². The third kappa shape index (κ3) is 3.36. The molecule has 2 aromatic carbocycles. The van der Waals surface area contributed by atoms with Gasteiger partial charge in [-0.2, -0.15) is 0 Å². The number of sulfonamides is 1. The number of benzene rings is 2. The number of anilines is 2. The molecule has 0 aliphatic rings. The molecule has 112 valence electrons. The Hall–Kier alpha value is -1.60. The van der Waals surface area contributed by atoms with Crippen LogP contribution in [0.5, 0.6) is 0 Å². The van der Waals surface area contributed by atoms with E-state index < -0.39 is 15.8 Å². The third-order valence-electron chi connectivity index (χ3n) is 3.10. The molecule has 4 nitrogen and oxygen atoms in total. The fourth-order valence-electron chi connectivity index (χ4n) is 1.77. The first-order valence-electron chi connectivity index (χ1n) is 6.05. The molecule has 0 amide bonds. The van der Waals surface area contributed by atoms with Gasteiger partial charge < -0.3 is 5.73 Å². The summed E-state index contributed by atoms with van der Waals surface area (Å²) >= 11 is 3.04. The highest BCUT2D eigenvalue weighted by atomic mass is 79.9. The Morgan fingerprint density at radius 1 is 1.14 bits per heavy atom. The summed E-state index contributed by atoms with van der Waals surface area (Å²) < 4.78 is 40.6. The van der Waals surface area contributed by atoms with Gasteiger partial charge in [0.15, 0.2) is 0 Å². The molecule has 0 bridgehead atoms. The fourth-order valence-corrected chi connectivity index (χ4v) is 3.87. The average molecular weight is 373 g/mol. The lowest BCUT2D eigenvalue weighted by Crippen LogP contribution is -2.14. The number of nitrogen functional groups attached to an aromatic ring is 1. The van der Waals surface area contributed by atoms with Gasteiger partial charge in [0, 0.05) is 10.2 Å². The van der Waals surface area contributed by atoms with Crippen LogP contribution in [0.15, 0.2) is 39.7 Å². The summed E-state index contributed by atoms with van der Waals surface area (Å²) in [5, 5.41) is 0. The Balaban J connectivity index is 2.43. The second-order valence-electron chi connectivity index (χ2n) is 4.71. The number of hydrogen-bond acceptors (Lipinski definition) is 3. The SMILES string of the molecule is Cc1ccc(NS(=O)(=O)c2cc(N)c(F)cc2Br)cc1C. The second kappa shape index (κ2) is 5.65. The first kappa shape index (κ1) is 15.8. The molecule has 2 aromatic rings. The van der Waals surface area contributed by atoms with E-state index in [1.165, 1.54) is 0 Å². The summed E-state index contributed by atoms with van der Waals surface area (Å²) in [6.45, 7) is 3.82. The molecule has 2 rings (SSSR count). The third-order valence-corrected chi connectivity index (χ3v) is 5.44. The summed E-state index contributed by atoms with van der Waals surface area (Å²) in [7, 11) is -3.86. The zero-order valence-corrected chi connectivity index (χ0v) is 13.8. The Labute approximate surface area is 131 Å². The van der Waals surface area contributed by atoms with Gasteiger partial charge in [0.2, 0.25) is 0 Å². The van der Waals surface area contributed by atoms with Crippen molar-refractivity contribution < 1.29 is 12.8 Å². The number of hydrogen-bond donors (Lipinski definition) is 2. The van der Waals surface area contributed by atoms with E-state index in [-0.39, 0.29) is 15.1 Å². The van der Waals surface area contributed by atoms with Crippen LogP contribution in [-0.4, -0.2) is 8.42 Å². The predicted molar refractivity (Wildman–Crippen MR) is 85.2 cm³/mol. The molecule has 21 heavy (non-hydrogen) atoms. The molecule has 0 saturated carbocycles. The van der Waals surface area contributed by atoms with Crippen LogP contribution < -0.4 is 10.5 Å². The largest absolute Gasteiger partial charge is 0.396 e. The maximum Gasteiger partial charge on any atom is 0.263 e. The van der Waals surface area contributed by atoms with Gasteiger partial charge >= 0.3 is 0 Å². The maximum absolute atomic E-state index is 13.3. The highest BCUT2D eigenvalue weighted by Crippen LogP contribution is 2.28. The Morgan fingerprint density at radius 2 is 1.81 bits per heavy atom. The lowest BCUT2D eigenvalue weighted by atomic mass is 10.1. The van der Waals surface area contributed by atoms with E-state index in [1.807, 2.05) is 19.9 Å². The summed E-state index contributed by atoms with van der Waals surface area (Å²) in [4.78, 5) is -0.111. The van der Waals surface area contributed by atoms with Crippen molar-refractivity contribution in [1.29, 1.82) is 0 Å². The normalized spacial score (nSPS) is 11.4. The molecule has 0 atom stereocenters. The summed E-state index contributed by atoms with van der Waals surface area (Å²) in [5.41, 5.74) is 7.68. The molecule has 0 aromatic heterocycles. The van der Waals surface area contributed by atoms with Crippen molar-refractivity contribution in [2.45, 2.75) is 18.7 Å². The van der Waals surface area contributed by atoms with E-state index in [4.69, 9.17) is 5.73 Å². The number of nitrogens with two attached hydrogens (primary N) is 1. The van der Waals surface area contributed by atoms with Crippen LogP contribution in [0, 0.1) is 19.7 Å². The molecule has 0 saturated heterocycles. The lowest BCUT2D eigenvalue weighted by molar-refractivity contribution is 0.599. The maximum atomic E-state index is 13.3. The number of aryl methyl sites for hydroxylation is 2. The number of rotatable bonds is 3. The van der Waals surface area contributed by atoms with Crippen LogP contribution in [0.4, 0.5) is 15.8 Å². The minimum Gasteiger partial charge on any atom is -0.396 e. The fraction of sp³-hybridized carbons (Fsp3) is 0.143. The van der Waals surface area contributed by atoms with Crippen molar-refractivity contribution in [2.24, 2.45) is 0 Å². The molecule has 3 N–H and O–H groups in total. The summed E-state index contributed by atoms with van der Waals surface area (Å²) in [6.07, 6.45) is 0. The first-order valence-corrected chi connectivity index (χ1v) is 8.33. The first-order chi connectivity index (χ1) is 9.70. The molecular weight excluding hydrogens is 359 g/mol. The zero-order chi connectivity index (χ0) is 15.8. The monoisotopic (exact) mass is 372 g/mol. The zero-order valence-electron chi connectivity index (χ0n) is 11.4. The van der Waals surface area contributed by atoms with E-state index in [1.54, 1.807) is 12.1 Å². The quantitative estimate of drug-likeness (QED) is 0.808. The van der Waals surface area contributed by atoms with Crippen LogP contribution in [0.25, 0.3) is 0 Å². The van der Waals surface area contributed by atoms with Crippen molar-refractivity contribution in [1.82, 2.24) is 0 Å². The van der Waals surface area contributed by atoms with Gasteiger partial charge in [-0.3, -0.25) is 4.72 Å². The van der Waals surface area contributed by atoms with Crippen LogP contribution in [-0.2, 0) is 10.0 Å². The van der Waals surface area contributed by atoms with E-state index in [0.29, 0.717) is 5.69 Å². The average Bonchev–Trinajstić information content (AvgIpc) is 2.37. The van der Waals surface area contributed by atoms with E-state index >= 15 is 0 Å². The van der Waals surface area contributed by atoms with Gasteiger partial charge in [0.1, 0.15) is 10.7 Å². The highest BCUT2D eigenvalue weighted by Gasteiger charge is 2.20. The second-order valence-corrected chi connectivity index (χ2v) is 7.21. The smallest absolute Gasteiger partial charge is 0.263 e. The summed E-state index contributed by atoms with van der Waals surface area (Å²) in [5.74, 6) is -0.674. The van der Waals surface area contributed by atoms with Crippen molar-refractivity contribution in [3.8, 4) is 0 Å². The van der Waals surface area contributed by atoms with Crippen molar-refractivity contribution >= 4 is 37.3 Å². The number of nitrogens with one attached hydrogen (secondary N) is 1. The minimum atomic E-state index is -3.86. The van der Waals surface area contributed by atoms with Crippen LogP contribution in [0.3, 0.4) is 0 Å². The van der Waals surface area contributed by atoms with Crippen LogP contribution >= 0.6 is 15.9 Å². The molecule has 0 radical (unpaired) electrons. The van der Waals surface area contributed by atoms with Gasteiger partial charge in [0.25, 0.3) is 10.0 Å². The van der Waals surface area contributed by atoms with E-state index in [9.17, 15) is 12.8 Å². The molecule has 0 spiro atoms. The van der Waals surface area contributed by atoms with Crippen molar-refractivity contribution in [3.05, 3.63) is 51.7 Å². The van der Waals surface area contributed by atoms with Crippen molar-refractivity contribution in [2.75, 3.05) is 10.5 Å². The van der Waals surface area contributed by atoms with Gasteiger partial charge in [-0.15, -0.1) is 0 Å². The molecule has 0 unspecified atom stereocenters.